The van der Waals surface area contributed by atoms with Gasteiger partial charge in [0.1, 0.15) is 12.0 Å². The fraction of sp³-hybridized carbons (Fsp3) is 0. The molecule has 0 fully saturated rings. The molecular formula is C14H15N11S. The number of hydrogen-bond acceptors (Lipinski definition) is 8. The van der Waals surface area contributed by atoms with E-state index in [1.807, 2.05) is 24.3 Å². The maximum absolute atomic E-state index is 7.13. The molecule has 0 aliphatic heterocycles. The fourth-order valence-corrected chi connectivity index (χ4v) is 2.83. The van der Waals surface area contributed by atoms with E-state index in [2.05, 4.69) is 37.2 Å². The average molecular weight is 369 g/mol. The monoisotopic (exact) mass is 369 g/mol. The van der Waals surface area contributed by atoms with Crippen molar-refractivity contribution < 1.29 is 0 Å². The van der Waals surface area contributed by atoms with E-state index in [0.717, 1.165) is 10.2 Å². The normalized spacial score (nSPS) is 12.3. The van der Waals surface area contributed by atoms with Crippen molar-refractivity contribution in [1.29, 1.82) is 5.41 Å². The van der Waals surface area contributed by atoms with E-state index in [1.165, 1.54) is 22.3 Å². The van der Waals surface area contributed by atoms with Gasteiger partial charge >= 0.3 is 0 Å². The molecule has 11 nitrogen and oxygen atoms in total. The van der Waals surface area contributed by atoms with Crippen LogP contribution in [-0.2, 0) is 0 Å². The molecule has 8 N–H and O–H groups in total. The van der Waals surface area contributed by atoms with Gasteiger partial charge in [0.25, 0.3) is 5.95 Å². The minimum atomic E-state index is -0.477. The number of anilines is 1. The second kappa shape index (κ2) is 6.98. The van der Waals surface area contributed by atoms with Crippen LogP contribution in [0.5, 0.6) is 0 Å². The Hall–Kier alpha value is -3.80. The SMILES string of the molecule is C=C(N)C(=NNc1ncn(-c2nc3ccccc3s2)n1)C(N)=NC(=N)N. The highest BCUT2D eigenvalue weighted by molar-refractivity contribution is 7.20. The fourth-order valence-electron chi connectivity index (χ4n) is 1.95. The Labute approximate surface area is 151 Å². The number of nitrogens with zero attached hydrogens (tertiary/aromatic N) is 6. The smallest absolute Gasteiger partial charge is 0.263 e. The molecule has 0 bridgehead atoms. The van der Waals surface area contributed by atoms with Gasteiger partial charge in [-0.1, -0.05) is 30.0 Å². The summed E-state index contributed by atoms with van der Waals surface area (Å²) in [7, 11) is 0. The number of benzene rings is 1. The van der Waals surface area contributed by atoms with Crippen molar-refractivity contribution in [3.63, 3.8) is 0 Å². The lowest BCUT2D eigenvalue weighted by atomic mass is 10.3. The molecule has 26 heavy (non-hydrogen) atoms. The average Bonchev–Trinajstić information content (AvgIpc) is 3.20. The summed E-state index contributed by atoms with van der Waals surface area (Å²) >= 11 is 1.48. The number of nitrogens with two attached hydrogens (primary N) is 3. The van der Waals surface area contributed by atoms with Crippen LogP contribution in [0.3, 0.4) is 0 Å². The zero-order valence-corrected chi connectivity index (χ0v) is 14.2. The Morgan fingerprint density at radius 3 is 2.73 bits per heavy atom. The van der Waals surface area contributed by atoms with E-state index < -0.39 is 5.96 Å². The molecule has 3 aromatic rings. The van der Waals surface area contributed by atoms with Crippen molar-refractivity contribution >= 4 is 45.0 Å². The van der Waals surface area contributed by atoms with E-state index >= 15 is 0 Å². The van der Waals surface area contributed by atoms with Gasteiger partial charge in [0.15, 0.2) is 5.84 Å². The van der Waals surface area contributed by atoms with Crippen LogP contribution >= 0.6 is 11.3 Å². The van der Waals surface area contributed by atoms with Crippen LogP contribution in [0, 0.1) is 5.41 Å². The second-order valence-corrected chi connectivity index (χ2v) is 5.97. The van der Waals surface area contributed by atoms with Crippen molar-refractivity contribution in [3.8, 4) is 5.13 Å². The van der Waals surface area contributed by atoms with Crippen LogP contribution in [0.15, 0.2) is 53.0 Å². The number of rotatable bonds is 5. The van der Waals surface area contributed by atoms with E-state index in [-0.39, 0.29) is 23.2 Å². The van der Waals surface area contributed by atoms with Crippen molar-refractivity contribution in [3.05, 3.63) is 42.9 Å². The molecule has 0 aliphatic carbocycles. The summed E-state index contributed by atoms with van der Waals surface area (Å²) in [6.45, 7) is 3.55. The Morgan fingerprint density at radius 1 is 1.27 bits per heavy atom. The van der Waals surface area contributed by atoms with E-state index in [4.69, 9.17) is 22.6 Å². The van der Waals surface area contributed by atoms with E-state index in [1.54, 1.807) is 0 Å². The molecule has 0 amide bonds. The van der Waals surface area contributed by atoms with Gasteiger partial charge < -0.3 is 17.2 Å². The van der Waals surface area contributed by atoms with Crippen molar-refractivity contribution in [2.75, 3.05) is 5.43 Å². The van der Waals surface area contributed by atoms with Gasteiger partial charge in [0.05, 0.1) is 15.9 Å². The number of hydrazone groups is 1. The maximum Gasteiger partial charge on any atom is 0.263 e. The third kappa shape index (κ3) is 3.64. The van der Waals surface area contributed by atoms with Crippen LogP contribution in [0.4, 0.5) is 5.95 Å². The molecule has 0 aliphatic rings. The molecule has 0 saturated heterocycles. The third-order valence-electron chi connectivity index (χ3n) is 3.03. The number of thiazole rings is 1. The molecule has 2 aromatic heterocycles. The predicted molar refractivity (Wildman–Crippen MR) is 102 cm³/mol. The number of fused-ring (bicyclic) bond motifs is 1. The number of aromatic nitrogens is 4. The minimum absolute atomic E-state index is 0.0385. The van der Waals surface area contributed by atoms with E-state index in [0.29, 0.717) is 5.13 Å². The second-order valence-electron chi connectivity index (χ2n) is 4.96. The van der Waals surface area contributed by atoms with Gasteiger partial charge in [-0.15, -0.1) is 5.10 Å². The van der Waals surface area contributed by atoms with Crippen LogP contribution in [0.25, 0.3) is 15.3 Å². The summed E-state index contributed by atoms with van der Waals surface area (Å²) in [4.78, 5) is 12.2. The Bertz CT molecular complexity index is 1010. The van der Waals surface area contributed by atoms with Crippen LogP contribution < -0.4 is 22.6 Å². The summed E-state index contributed by atoms with van der Waals surface area (Å²) in [6.07, 6.45) is 1.50. The summed E-state index contributed by atoms with van der Waals surface area (Å²) in [6, 6.07) is 7.77. The highest BCUT2D eigenvalue weighted by Crippen LogP contribution is 2.23. The topological polar surface area (TPSA) is 182 Å². The molecule has 2 heterocycles. The maximum atomic E-state index is 7.13. The van der Waals surface area contributed by atoms with Gasteiger partial charge in [-0.3, -0.25) is 5.41 Å². The Kier molecular flexibility index (Phi) is 4.57. The van der Waals surface area contributed by atoms with Gasteiger partial charge in [0, 0.05) is 0 Å². The van der Waals surface area contributed by atoms with Gasteiger partial charge in [-0.2, -0.15) is 19.8 Å². The van der Waals surface area contributed by atoms with Gasteiger partial charge in [-0.05, 0) is 12.1 Å². The number of guanidine groups is 1. The lowest BCUT2D eigenvalue weighted by Gasteiger charge is -2.04. The first-order valence-corrected chi connectivity index (χ1v) is 8.00. The number of nitrogens with one attached hydrogen (secondary N) is 2. The number of aliphatic imine (C=N–C) groups is 1. The van der Waals surface area contributed by atoms with Crippen LogP contribution in [0.1, 0.15) is 0 Å². The first-order valence-electron chi connectivity index (χ1n) is 7.18. The number of hydrogen-bond donors (Lipinski definition) is 5. The molecule has 12 heteroatoms. The Morgan fingerprint density at radius 2 is 2.04 bits per heavy atom. The Balaban J connectivity index is 1.83. The van der Waals surface area contributed by atoms with Crippen LogP contribution in [0.2, 0.25) is 0 Å². The van der Waals surface area contributed by atoms with Crippen molar-refractivity contribution in [2.24, 2.45) is 27.3 Å². The lowest BCUT2D eigenvalue weighted by molar-refractivity contribution is 0.871. The molecular weight excluding hydrogens is 354 g/mol. The van der Waals surface area contributed by atoms with Crippen molar-refractivity contribution in [1.82, 2.24) is 19.7 Å². The van der Waals surface area contributed by atoms with Crippen molar-refractivity contribution in [2.45, 2.75) is 0 Å². The number of amidine groups is 1. The van der Waals surface area contributed by atoms with Gasteiger partial charge in [-0.25, -0.2) is 10.4 Å². The van der Waals surface area contributed by atoms with Crippen LogP contribution in [-0.4, -0.2) is 37.3 Å². The molecule has 0 radical (unpaired) electrons. The summed E-state index contributed by atoms with van der Waals surface area (Å²) in [5, 5.41) is 16.0. The molecule has 0 unspecified atom stereocenters. The standard InChI is InChI=1S/C14H15N11S/c1-7(15)10(11(16)21-12(17)18)22-23-13-19-6-25(24-13)14-20-8-4-2-3-5-9(8)26-14/h2-6H,1,15H2,(H,23,24)(H5,16,17,18,21). The molecule has 0 atom stereocenters. The van der Waals surface area contributed by atoms with E-state index in [9.17, 15) is 0 Å². The first-order chi connectivity index (χ1) is 12.4. The summed E-state index contributed by atoms with van der Waals surface area (Å²) < 4.78 is 2.56. The highest BCUT2D eigenvalue weighted by atomic mass is 32.1. The van der Waals surface area contributed by atoms with Gasteiger partial charge in [0.2, 0.25) is 11.1 Å². The quantitative estimate of drug-likeness (QED) is 0.244. The minimum Gasteiger partial charge on any atom is -0.397 e. The zero-order chi connectivity index (χ0) is 18.7. The summed E-state index contributed by atoms with van der Waals surface area (Å²) in [5.41, 5.74) is 20.1. The lowest BCUT2D eigenvalue weighted by Crippen LogP contribution is -2.31. The number of para-hydroxylation sites is 1. The predicted octanol–water partition coefficient (Wildman–Crippen LogP) is 0.368. The molecule has 1 aromatic carbocycles. The summed E-state index contributed by atoms with van der Waals surface area (Å²) in [5.74, 6) is -0.434. The molecule has 0 saturated carbocycles. The third-order valence-corrected chi connectivity index (χ3v) is 4.05. The molecule has 132 valence electrons. The zero-order valence-electron chi connectivity index (χ0n) is 13.4. The highest BCUT2D eigenvalue weighted by Gasteiger charge is 2.10. The molecule has 3 rings (SSSR count). The largest absolute Gasteiger partial charge is 0.397 e. The first kappa shape index (κ1) is 17.0. The molecule has 0 spiro atoms.